The van der Waals surface area contributed by atoms with E-state index in [0.29, 0.717) is 30.4 Å². The van der Waals surface area contributed by atoms with Gasteiger partial charge in [0.05, 0.1) is 27.3 Å². The lowest BCUT2D eigenvalue weighted by Gasteiger charge is -2.11. The highest BCUT2D eigenvalue weighted by Crippen LogP contribution is 2.21. The molecule has 2 aromatic rings. The van der Waals surface area contributed by atoms with Gasteiger partial charge in [-0.25, -0.2) is 14.8 Å². The zero-order valence-corrected chi connectivity index (χ0v) is 19.7. The number of rotatable bonds is 8. The summed E-state index contributed by atoms with van der Waals surface area (Å²) < 4.78 is 10.0. The summed E-state index contributed by atoms with van der Waals surface area (Å²) in [4.78, 5) is 22.2. The number of benzene rings is 1. The molecular weight excluding hydrogens is 491 g/mol. The molecule has 0 spiro atoms. The number of aromatic nitrogens is 1. The SMILES string of the molecule is CCNC(=NCc1ccc(OC)c(C(=O)OC)c1)NCc1ncc(CC)s1.I. The largest absolute Gasteiger partial charge is 0.496 e. The van der Waals surface area contributed by atoms with Gasteiger partial charge in [-0.3, -0.25) is 0 Å². The molecule has 154 valence electrons. The molecule has 0 aliphatic rings. The van der Waals surface area contributed by atoms with Crippen LogP contribution < -0.4 is 15.4 Å². The maximum atomic E-state index is 11.9. The van der Waals surface area contributed by atoms with Crippen molar-refractivity contribution in [2.45, 2.75) is 33.4 Å². The molecule has 0 bridgehead atoms. The number of ether oxygens (including phenoxy) is 2. The number of carbonyl (C=O) groups excluding carboxylic acids is 1. The van der Waals surface area contributed by atoms with E-state index in [1.54, 1.807) is 23.5 Å². The number of esters is 1. The van der Waals surface area contributed by atoms with Crippen LogP contribution in [0.25, 0.3) is 0 Å². The van der Waals surface area contributed by atoms with E-state index in [0.717, 1.165) is 23.5 Å². The Morgan fingerprint density at radius 2 is 2.04 bits per heavy atom. The zero-order chi connectivity index (χ0) is 19.6. The van der Waals surface area contributed by atoms with E-state index in [-0.39, 0.29) is 24.0 Å². The first-order chi connectivity index (χ1) is 13.1. The molecule has 1 aromatic carbocycles. The first kappa shape index (κ1) is 24.2. The Balaban J connectivity index is 0.00000392. The van der Waals surface area contributed by atoms with Crippen LogP contribution in [-0.4, -0.2) is 37.7 Å². The smallest absolute Gasteiger partial charge is 0.341 e. The number of guanidine groups is 1. The minimum atomic E-state index is -0.432. The van der Waals surface area contributed by atoms with Gasteiger partial charge in [-0.1, -0.05) is 13.0 Å². The van der Waals surface area contributed by atoms with Gasteiger partial charge < -0.3 is 20.1 Å². The van der Waals surface area contributed by atoms with Gasteiger partial charge in [0, 0.05) is 17.6 Å². The normalized spacial score (nSPS) is 10.8. The molecule has 2 N–H and O–H groups in total. The maximum absolute atomic E-state index is 11.9. The minimum absolute atomic E-state index is 0. The molecule has 0 aliphatic carbocycles. The van der Waals surface area contributed by atoms with E-state index in [2.05, 4.69) is 27.5 Å². The fourth-order valence-electron chi connectivity index (χ4n) is 2.39. The lowest BCUT2D eigenvalue weighted by Crippen LogP contribution is -2.36. The van der Waals surface area contributed by atoms with Crippen molar-refractivity contribution in [3.05, 3.63) is 45.4 Å². The van der Waals surface area contributed by atoms with Crippen molar-refractivity contribution >= 4 is 47.2 Å². The number of methoxy groups -OCH3 is 2. The summed E-state index contributed by atoms with van der Waals surface area (Å²) in [6.07, 6.45) is 2.91. The second kappa shape index (κ2) is 12.6. The lowest BCUT2D eigenvalue weighted by atomic mass is 10.1. The molecule has 0 fully saturated rings. The Hall–Kier alpha value is -1.88. The number of aryl methyl sites for hydroxylation is 1. The van der Waals surface area contributed by atoms with Gasteiger partial charge in [0.1, 0.15) is 16.3 Å². The third-order valence-electron chi connectivity index (χ3n) is 3.79. The van der Waals surface area contributed by atoms with Gasteiger partial charge in [0.25, 0.3) is 0 Å². The third kappa shape index (κ3) is 6.93. The van der Waals surface area contributed by atoms with E-state index < -0.39 is 5.97 Å². The van der Waals surface area contributed by atoms with Crippen molar-refractivity contribution in [2.75, 3.05) is 20.8 Å². The molecule has 0 aliphatic heterocycles. The molecule has 7 nitrogen and oxygen atoms in total. The lowest BCUT2D eigenvalue weighted by molar-refractivity contribution is 0.0597. The van der Waals surface area contributed by atoms with Crippen molar-refractivity contribution in [3.63, 3.8) is 0 Å². The number of aliphatic imine (C=N–C) groups is 1. The quantitative estimate of drug-likeness (QED) is 0.241. The molecule has 0 atom stereocenters. The molecule has 28 heavy (non-hydrogen) atoms. The van der Waals surface area contributed by atoms with Crippen molar-refractivity contribution in [2.24, 2.45) is 4.99 Å². The number of halogens is 1. The van der Waals surface area contributed by atoms with Crippen LogP contribution in [0.4, 0.5) is 0 Å². The van der Waals surface area contributed by atoms with Crippen molar-refractivity contribution in [1.82, 2.24) is 15.6 Å². The van der Waals surface area contributed by atoms with E-state index in [4.69, 9.17) is 9.47 Å². The fraction of sp³-hybridized carbons (Fsp3) is 0.421. The van der Waals surface area contributed by atoms with Crippen LogP contribution in [0.15, 0.2) is 29.4 Å². The number of hydrogen-bond donors (Lipinski definition) is 2. The summed E-state index contributed by atoms with van der Waals surface area (Å²) in [7, 11) is 2.87. The number of carbonyl (C=O) groups is 1. The van der Waals surface area contributed by atoms with Crippen molar-refractivity contribution in [3.8, 4) is 5.75 Å². The van der Waals surface area contributed by atoms with Gasteiger partial charge in [-0.15, -0.1) is 35.3 Å². The van der Waals surface area contributed by atoms with Crippen LogP contribution in [0.2, 0.25) is 0 Å². The average molecular weight is 518 g/mol. The summed E-state index contributed by atoms with van der Waals surface area (Å²) in [6.45, 7) is 5.92. The summed E-state index contributed by atoms with van der Waals surface area (Å²) in [6, 6.07) is 5.37. The average Bonchev–Trinajstić information content (AvgIpc) is 3.17. The standard InChI is InChI=1S/C19H26N4O3S.HI/c1-5-14-11-21-17(27-14)12-23-19(20-6-2)22-10-13-7-8-16(25-3)15(9-13)18(24)26-4;/h7-9,11H,5-6,10,12H2,1-4H3,(H2,20,22,23);1H. The monoisotopic (exact) mass is 518 g/mol. The van der Waals surface area contributed by atoms with E-state index in [9.17, 15) is 4.79 Å². The molecule has 0 amide bonds. The van der Waals surface area contributed by atoms with Gasteiger partial charge >= 0.3 is 5.97 Å². The highest BCUT2D eigenvalue weighted by atomic mass is 127. The molecule has 0 saturated carbocycles. The zero-order valence-electron chi connectivity index (χ0n) is 16.6. The number of thiazole rings is 1. The number of nitrogens with one attached hydrogen (secondary N) is 2. The Morgan fingerprint density at radius 1 is 1.25 bits per heavy atom. The van der Waals surface area contributed by atoms with Crippen LogP contribution in [0, 0.1) is 0 Å². The third-order valence-corrected chi connectivity index (χ3v) is 4.93. The van der Waals surface area contributed by atoms with Crippen molar-refractivity contribution in [1.29, 1.82) is 0 Å². The van der Waals surface area contributed by atoms with E-state index in [1.165, 1.54) is 19.1 Å². The van der Waals surface area contributed by atoms with Gasteiger partial charge in [-0.2, -0.15) is 0 Å². The molecule has 0 radical (unpaired) electrons. The maximum Gasteiger partial charge on any atom is 0.341 e. The first-order valence-electron chi connectivity index (χ1n) is 8.82. The predicted octanol–water partition coefficient (Wildman–Crippen LogP) is 3.37. The fourth-order valence-corrected chi connectivity index (χ4v) is 3.19. The number of hydrogen-bond acceptors (Lipinski definition) is 6. The minimum Gasteiger partial charge on any atom is -0.496 e. The molecular formula is C19H27IN4O3S. The molecule has 9 heteroatoms. The van der Waals surface area contributed by atoms with Crippen LogP contribution in [0.3, 0.4) is 0 Å². The van der Waals surface area contributed by atoms with Crippen LogP contribution in [0.1, 0.15) is 39.7 Å². The topological polar surface area (TPSA) is 84.8 Å². The molecule has 0 unspecified atom stereocenters. The first-order valence-corrected chi connectivity index (χ1v) is 9.63. The predicted molar refractivity (Wildman–Crippen MR) is 123 cm³/mol. The Kier molecular flexibility index (Phi) is 10.8. The molecule has 2 rings (SSSR count). The van der Waals surface area contributed by atoms with E-state index in [1.807, 2.05) is 19.2 Å². The summed E-state index contributed by atoms with van der Waals surface area (Å²) in [5.74, 6) is 0.745. The summed E-state index contributed by atoms with van der Waals surface area (Å²) >= 11 is 1.70. The summed E-state index contributed by atoms with van der Waals surface area (Å²) in [5, 5.41) is 7.52. The van der Waals surface area contributed by atoms with Gasteiger partial charge in [0.2, 0.25) is 0 Å². The molecule has 0 saturated heterocycles. The van der Waals surface area contributed by atoms with Crippen LogP contribution in [-0.2, 0) is 24.2 Å². The highest BCUT2D eigenvalue weighted by Gasteiger charge is 2.13. The highest BCUT2D eigenvalue weighted by molar-refractivity contribution is 14.0. The van der Waals surface area contributed by atoms with Gasteiger partial charge in [-0.05, 0) is 31.0 Å². The van der Waals surface area contributed by atoms with Gasteiger partial charge in [0.15, 0.2) is 5.96 Å². The Labute approximate surface area is 187 Å². The van der Waals surface area contributed by atoms with Crippen molar-refractivity contribution < 1.29 is 14.3 Å². The molecule has 1 aromatic heterocycles. The van der Waals surface area contributed by atoms with Crippen LogP contribution in [0.5, 0.6) is 5.75 Å². The Bertz CT molecular complexity index is 795. The molecule has 1 heterocycles. The van der Waals surface area contributed by atoms with Crippen LogP contribution >= 0.6 is 35.3 Å². The summed E-state index contributed by atoms with van der Waals surface area (Å²) in [5.41, 5.74) is 1.27. The Morgan fingerprint density at radius 3 is 2.64 bits per heavy atom. The van der Waals surface area contributed by atoms with E-state index >= 15 is 0 Å². The second-order valence-corrected chi connectivity index (χ2v) is 6.85. The number of nitrogens with zero attached hydrogens (tertiary/aromatic N) is 2. The second-order valence-electron chi connectivity index (χ2n) is 5.65.